The maximum absolute atomic E-state index is 12.5. The summed E-state index contributed by atoms with van der Waals surface area (Å²) in [5.41, 5.74) is -0.353. The van der Waals surface area contributed by atoms with E-state index in [2.05, 4.69) is 0 Å². The van der Waals surface area contributed by atoms with Gasteiger partial charge in [-0.25, -0.2) is 9.59 Å². The Morgan fingerprint density at radius 1 is 1.13 bits per heavy atom. The van der Waals surface area contributed by atoms with Gasteiger partial charge >= 0.3 is 11.9 Å². The minimum absolute atomic E-state index is 0.0341. The fourth-order valence-electron chi connectivity index (χ4n) is 2.44. The first-order chi connectivity index (χ1) is 14.4. The number of carbonyl (C=O) groups excluding carboxylic acids is 2. The standard InChI is InChI=1S/C21H18N2O7/c1-3-28-19-12-14(11-15(13-22)20(24)29-4-2)9-10-18(19)30-21(25)16-7-5-6-8-17(16)23(26)27/h5-12H,3-4H2,1-2H3/b15-11+. The monoisotopic (exact) mass is 410 g/mol. The molecule has 2 rings (SSSR count). The number of hydrogen-bond acceptors (Lipinski definition) is 8. The van der Waals surface area contributed by atoms with Crippen LogP contribution in [0.5, 0.6) is 11.5 Å². The molecule has 30 heavy (non-hydrogen) atoms. The van der Waals surface area contributed by atoms with Crippen LogP contribution in [0.1, 0.15) is 29.8 Å². The molecule has 0 aromatic heterocycles. The molecule has 0 atom stereocenters. The van der Waals surface area contributed by atoms with Crippen LogP contribution >= 0.6 is 0 Å². The molecule has 0 saturated carbocycles. The van der Waals surface area contributed by atoms with Crippen molar-refractivity contribution in [2.75, 3.05) is 13.2 Å². The minimum Gasteiger partial charge on any atom is -0.490 e. The van der Waals surface area contributed by atoms with Gasteiger partial charge in [0.05, 0.1) is 18.1 Å². The second-order valence-corrected chi connectivity index (χ2v) is 5.69. The average Bonchev–Trinajstić information content (AvgIpc) is 2.73. The molecule has 9 heteroatoms. The number of rotatable bonds is 8. The number of benzene rings is 2. The van der Waals surface area contributed by atoms with Crippen LogP contribution in [0.3, 0.4) is 0 Å². The summed E-state index contributed by atoms with van der Waals surface area (Å²) in [5, 5.41) is 20.3. The Hall–Kier alpha value is -4.19. The SMILES string of the molecule is CCOC(=O)/C(C#N)=C/c1ccc(OC(=O)c2ccccc2[N+](=O)[O-])c(OCC)c1. The zero-order chi connectivity index (χ0) is 22.1. The smallest absolute Gasteiger partial charge is 0.350 e. The highest BCUT2D eigenvalue weighted by molar-refractivity contribution is 5.98. The zero-order valence-electron chi connectivity index (χ0n) is 16.3. The van der Waals surface area contributed by atoms with Crippen LogP contribution in [0.2, 0.25) is 0 Å². The number of nitriles is 1. The van der Waals surface area contributed by atoms with E-state index in [9.17, 15) is 19.7 Å². The van der Waals surface area contributed by atoms with Crippen molar-refractivity contribution in [1.82, 2.24) is 0 Å². The van der Waals surface area contributed by atoms with Gasteiger partial charge in [-0.3, -0.25) is 10.1 Å². The molecule has 0 radical (unpaired) electrons. The van der Waals surface area contributed by atoms with E-state index in [-0.39, 0.29) is 41.5 Å². The third-order valence-corrected chi connectivity index (χ3v) is 3.72. The first-order valence-corrected chi connectivity index (χ1v) is 8.92. The predicted molar refractivity (Wildman–Crippen MR) is 106 cm³/mol. The third-order valence-electron chi connectivity index (χ3n) is 3.72. The average molecular weight is 410 g/mol. The summed E-state index contributed by atoms with van der Waals surface area (Å²) >= 11 is 0. The molecule has 0 heterocycles. The van der Waals surface area contributed by atoms with Gasteiger partial charge in [0.1, 0.15) is 17.2 Å². The normalized spacial score (nSPS) is 10.6. The highest BCUT2D eigenvalue weighted by atomic mass is 16.6. The van der Waals surface area contributed by atoms with Crippen molar-refractivity contribution in [2.24, 2.45) is 0 Å². The van der Waals surface area contributed by atoms with E-state index in [0.717, 1.165) is 0 Å². The maximum Gasteiger partial charge on any atom is 0.350 e. The van der Waals surface area contributed by atoms with Crippen LogP contribution in [0.15, 0.2) is 48.0 Å². The first kappa shape index (κ1) is 22.1. The Labute approximate surface area is 172 Å². The molecule has 0 aliphatic rings. The van der Waals surface area contributed by atoms with Crippen molar-refractivity contribution in [3.05, 3.63) is 69.3 Å². The molecule has 0 saturated heterocycles. The molecule has 154 valence electrons. The quantitative estimate of drug-likeness (QED) is 0.161. The van der Waals surface area contributed by atoms with E-state index >= 15 is 0 Å². The molecule has 0 aliphatic carbocycles. The van der Waals surface area contributed by atoms with Crippen molar-refractivity contribution in [2.45, 2.75) is 13.8 Å². The number of nitrogens with zero attached hydrogens (tertiary/aromatic N) is 2. The van der Waals surface area contributed by atoms with Crippen LogP contribution in [-0.4, -0.2) is 30.1 Å². The second-order valence-electron chi connectivity index (χ2n) is 5.69. The topological polar surface area (TPSA) is 129 Å². The van der Waals surface area contributed by atoms with Crippen LogP contribution < -0.4 is 9.47 Å². The van der Waals surface area contributed by atoms with Gasteiger partial charge in [-0.1, -0.05) is 18.2 Å². The van der Waals surface area contributed by atoms with E-state index in [4.69, 9.17) is 19.5 Å². The Balaban J connectivity index is 2.36. The zero-order valence-corrected chi connectivity index (χ0v) is 16.3. The van der Waals surface area contributed by atoms with Crippen molar-refractivity contribution in [1.29, 1.82) is 5.26 Å². The fraction of sp³-hybridized carbons (Fsp3) is 0.190. The van der Waals surface area contributed by atoms with E-state index in [1.807, 2.05) is 0 Å². The van der Waals surface area contributed by atoms with E-state index in [0.29, 0.717) is 5.56 Å². The van der Waals surface area contributed by atoms with Crippen LogP contribution in [0.4, 0.5) is 5.69 Å². The number of para-hydroxylation sites is 1. The second kappa shape index (κ2) is 10.4. The van der Waals surface area contributed by atoms with Gasteiger partial charge < -0.3 is 14.2 Å². The summed E-state index contributed by atoms with van der Waals surface area (Å²) in [6.07, 6.45) is 1.31. The van der Waals surface area contributed by atoms with Crippen molar-refractivity contribution >= 4 is 23.7 Å². The van der Waals surface area contributed by atoms with Gasteiger partial charge in [-0.15, -0.1) is 0 Å². The number of esters is 2. The fourth-order valence-corrected chi connectivity index (χ4v) is 2.44. The Morgan fingerprint density at radius 2 is 1.87 bits per heavy atom. The van der Waals surface area contributed by atoms with Gasteiger partial charge in [-0.05, 0) is 43.7 Å². The molecule has 2 aromatic rings. The third kappa shape index (κ3) is 5.42. The molecule has 9 nitrogen and oxygen atoms in total. The number of ether oxygens (including phenoxy) is 3. The van der Waals surface area contributed by atoms with E-state index in [1.54, 1.807) is 19.9 Å². The summed E-state index contributed by atoms with van der Waals surface area (Å²) in [5.74, 6) is -1.48. The Morgan fingerprint density at radius 3 is 2.50 bits per heavy atom. The van der Waals surface area contributed by atoms with Crippen molar-refractivity contribution < 1.29 is 28.7 Å². The van der Waals surface area contributed by atoms with Crippen LogP contribution in [0, 0.1) is 21.4 Å². The van der Waals surface area contributed by atoms with Crippen molar-refractivity contribution in [3.8, 4) is 17.6 Å². The number of carbonyl (C=O) groups is 2. The molecular weight excluding hydrogens is 392 g/mol. The molecule has 0 amide bonds. The highest BCUT2D eigenvalue weighted by Gasteiger charge is 2.22. The lowest BCUT2D eigenvalue weighted by atomic mass is 10.1. The molecule has 0 aliphatic heterocycles. The van der Waals surface area contributed by atoms with E-state index in [1.165, 1.54) is 48.5 Å². The number of nitro groups is 1. The summed E-state index contributed by atoms with van der Waals surface area (Å²) < 4.78 is 15.6. The van der Waals surface area contributed by atoms with Gasteiger partial charge in [0.25, 0.3) is 5.69 Å². The summed E-state index contributed by atoms with van der Waals surface area (Å²) in [6.45, 7) is 3.71. The van der Waals surface area contributed by atoms with Crippen LogP contribution in [-0.2, 0) is 9.53 Å². The molecule has 2 aromatic carbocycles. The Bertz CT molecular complexity index is 1040. The van der Waals surface area contributed by atoms with Gasteiger partial charge in [0, 0.05) is 6.07 Å². The lowest BCUT2D eigenvalue weighted by Crippen LogP contribution is -2.12. The van der Waals surface area contributed by atoms with Crippen molar-refractivity contribution in [3.63, 3.8) is 0 Å². The lowest BCUT2D eigenvalue weighted by molar-refractivity contribution is -0.385. The number of nitro benzene ring substituents is 1. The highest BCUT2D eigenvalue weighted by Crippen LogP contribution is 2.31. The number of hydrogen-bond donors (Lipinski definition) is 0. The lowest BCUT2D eigenvalue weighted by Gasteiger charge is -2.11. The van der Waals surface area contributed by atoms with Gasteiger partial charge in [-0.2, -0.15) is 5.26 Å². The molecular formula is C21H18N2O7. The minimum atomic E-state index is -0.921. The van der Waals surface area contributed by atoms with Gasteiger partial charge in [0.15, 0.2) is 11.5 Å². The predicted octanol–water partition coefficient (Wildman–Crippen LogP) is 3.68. The summed E-state index contributed by atoms with van der Waals surface area (Å²) in [7, 11) is 0. The van der Waals surface area contributed by atoms with Gasteiger partial charge in [0.2, 0.25) is 0 Å². The molecule has 0 fully saturated rings. The summed E-state index contributed by atoms with van der Waals surface area (Å²) in [4.78, 5) is 34.7. The maximum atomic E-state index is 12.5. The molecule has 0 bridgehead atoms. The first-order valence-electron chi connectivity index (χ1n) is 8.92. The molecule has 0 N–H and O–H groups in total. The largest absolute Gasteiger partial charge is 0.490 e. The molecule has 0 unspecified atom stereocenters. The Kier molecular flexibility index (Phi) is 7.65. The molecule has 0 spiro atoms. The summed E-state index contributed by atoms with van der Waals surface area (Å²) in [6, 6.07) is 11.6. The van der Waals surface area contributed by atoms with E-state index < -0.39 is 16.9 Å². The van der Waals surface area contributed by atoms with Crippen LogP contribution in [0.25, 0.3) is 6.08 Å².